The van der Waals surface area contributed by atoms with Crippen molar-refractivity contribution in [3.8, 4) is 0 Å². The molecule has 2 amide bonds. The van der Waals surface area contributed by atoms with Crippen molar-refractivity contribution < 1.29 is 27.5 Å². The average molecular weight is 547 g/mol. The van der Waals surface area contributed by atoms with Crippen molar-refractivity contribution in [1.82, 2.24) is 19.6 Å². The van der Waals surface area contributed by atoms with Gasteiger partial charge in [-0.1, -0.05) is 6.07 Å². The first-order valence-electron chi connectivity index (χ1n) is 13.5. The predicted octanol–water partition coefficient (Wildman–Crippen LogP) is 3.28. The molecule has 1 aromatic carbocycles. The maximum absolute atomic E-state index is 14.1. The maximum Gasteiger partial charge on any atom is 0.416 e. The minimum absolute atomic E-state index is 0.102. The number of morpholine rings is 1. The minimum atomic E-state index is -4.44. The van der Waals surface area contributed by atoms with E-state index in [-0.39, 0.29) is 48.1 Å². The average Bonchev–Trinajstić information content (AvgIpc) is 3.66. The van der Waals surface area contributed by atoms with Gasteiger partial charge in [0.2, 0.25) is 5.91 Å². The second-order valence-electron chi connectivity index (χ2n) is 11.3. The Hall–Kier alpha value is -3.12. The third kappa shape index (κ3) is 5.11. The predicted molar refractivity (Wildman–Crippen MR) is 137 cm³/mol. The summed E-state index contributed by atoms with van der Waals surface area (Å²) in [6, 6.07) is 4.49. The molecule has 0 aliphatic carbocycles. The molecule has 4 aliphatic heterocycles. The van der Waals surface area contributed by atoms with Gasteiger partial charge in [0.05, 0.1) is 35.9 Å². The number of hydrogen-bond donors (Lipinski definition) is 0. The first-order chi connectivity index (χ1) is 18.5. The second kappa shape index (κ2) is 9.81. The van der Waals surface area contributed by atoms with Gasteiger partial charge >= 0.3 is 12.2 Å². The Morgan fingerprint density at radius 1 is 1.05 bits per heavy atom. The molecule has 210 valence electrons. The highest BCUT2D eigenvalue weighted by molar-refractivity contribution is 5.91. The van der Waals surface area contributed by atoms with Crippen LogP contribution in [0.2, 0.25) is 0 Å². The second-order valence-corrected chi connectivity index (χ2v) is 11.3. The number of nitrogens with zero attached hydrogens (tertiary/aromatic N) is 6. The van der Waals surface area contributed by atoms with Gasteiger partial charge in [0.15, 0.2) is 0 Å². The molecule has 4 atom stereocenters. The van der Waals surface area contributed by atoms with Crippen LogP contribution in [0.15, 0.2) is 30.6 Å². The van der Waals surface area contributed by atoms with Crippen LogP contribution in [0, 0.1) is 11.8 Å². The van der Waals surface area contributed by atoms with Gasteiger partial charge < -0.3 is 19.4 Å². The van der Waals surface area contributed by atoms with Crippen LogP contribution in [0.1, 0.15) is 30.9 Å². The first kappa shape index (κ1) is 26.1. The topological polar surface area (TPSA) is 74.2 Å². The lowest BCUT2D eigenvalue weighted by Crippen LogP contribution is -2.42. The summed E-state index contributed by atoms with van der Waals surface area (Å²) in [4.78, 5) is 31.8. The fourth-order valence-corrected chi connectivity index (χ4v) is 6.52. The van der Waals surface area contributed by atoms with E-state index in [1.807, 2.05) is 11.0 Å². The number of hydrogen-bond acceptors (Lipinski definition) is 6. The molecule has 2 bridgehead atoms. The van der Waals surface area contributed by atoms with E-state index in [1.54, 1.807) is 18.0 Å². The number of carbonyl (C=O) groups excluding carboxylic acids is 2. The minimum Gasteiger partial charge on any atom is -0.371 e. The Bertz CT molecular complexity index is 1240. The normalized spacial score (nSPS) is 26.8. The number of carbonyl (C=O) groups is 2. The Balaban J connectivity index is 1.09. The molecule has 9 nitrogen and oxygen atoms in total. The number of rotatable bonds is 4. The summed E-state index contributed by atoms with van der Waals surface area (Å²) in [6.45, 7) is 5.26. The van der Waals surface area contributed by atoms with Crippen molar-refractivity contribution >= 4 is 23.3 Å². The summed E-state index contributed by atoms with van der Waals surface area (Å²) < 4.78 is 49.5. The maximum atomic E-state index is 14.1. The van der Waals surface area contributed by atoms with Crippen LogP contribution >= 0.6 is 0 Å². The zero-order valence-corrected chi connectivity index (χ0v) is 22.1. The molecule has 2 aromatic rings. The van der Waals surface area contributed by atoms with Crippen LogP contribution in [-0.2, 0) is 22.3 Å². The first-order valence-corrected chi connectivity index (χ1v) is 13.5. The van der Waals surface area contributed by atoms with Crippen LogP contribution in [0.3, 0.4) is 0 Å². The van der Waals surface area contributed by atoms with Gasteiger partial charge in [0.25, 0.3) is 0 Å². The fraction of sp³-hybridized carbons (Fsp3) is 0.593. The monoisotopic (exact) mass is 546 g/mol. The molecule has 5 heterocycles. The Morgan fingerprint density at radius 2 is 1.72 bits per heavy atom. The summed E-state index contributed by atoms with van der Waals surface area (Å²) in [7, 11) is 1.62. The van der Waals surface area contributed by atoms with Gasteiger partial charge in [0, 0.05) is 65.5 Å². The van der Waals surface area contributed by atoms with Crippen LogP contribution < -0.4 is 9.80 Å². The van der Waals surface area contributed by atoms with Gasteiger partial charge in [-0.05, 0) is 42.4 Å². The highest BCUT2D eigenvalue weighted by Gasteiger charge is 2.43. The number of halogens is 3. The molecular formula is C27H33F3N6O3. The van der Waals surface area contributed by atoms with Crippen LogP contribution in [-0.4, -0.2) is 90.0 Å². The van der Waals surface area contributed by atoms with E-state index in [1.165, 1.54) is 35.0 Å². The summed E-state index contributed by atoms with van der Waals surface area (Å²) in [6.07, 6.45) is 0.710. The Kier molecular flexibility index (Phi) is 6.57. The molecule has 4 unspecified atom stereocenters. The smallest absolute Gasteiger partial charge is 0.371 e. The van der Waals surface area contributed by atoms with E-state index in [9.17, 15) is 22.8 Å². The number of fused-ring (bicyclic) bond motifs is 3. The van der Waals surface area contributed by atoms with Gasteiger partial charge in [-0.2, -0.15) is 23.0 Å². The number of likely N-dealkylation sites (tertiary alicyclic amines) is 2. The van der Waals surface area contributed by atoms with Crippen LogP contribution in [0.5, 0.6) is 0 Å². The lowest BCUT2D eigenvalue weighted by Gasteiger charge is -2.34. The summed E-state index contributed by atoms with van der Waals surface area (Å²) >= 11 is 0. The van der Waals surface area contributed by atoms with E-state index in [0.717, 1.165) is 12.8 Å². The van der Waals surface area contributed by atoms with Crippen molar-refractivity contribution in [3.63, 3.8) is 0 Å². The van der Waals surface area contributed by atoms with Gasteiger partial charge in [-0.3, -0.25) is 9.69 Å². The number of alkyl halides is 3. The summed E-state index contributed by atoms with van der Waals surface area (Å²) in [5, 5.41) is 4.12. The molecule has 0 N–H and O–H groups in total. The molecule has 1 aromatic heterocycles. The van der Waals surface area contributed by atoms with Crippen molar-refractivity contribution in [2.45, 2.75) is 44.7 Å². The van der Waals surface area contributed by atoms with Gasteiger partial charge in [0.1, 0.15) is 0 Å². The fourth-order valence-electron chi connectivity index (χ4n) is 6.52. The quantitative estimate of drug-likeness (QED) is 0.586. The molecule has 4 aliphatic rings. The van der Waals surface area contributed by atoms with Crippen molar-refractivity contribution in [3.05, 3.63) is 41.7 Å². The molecule has 4 saturated heterocycles. The van der Waals surface area contributed by atoms with Crippen LogP contribution in [0.4, 0.5) is 29.3 Å². The lowest BCUT2D eigenvalue weighted by atomic mass is 10.0. The Labute approximate surface area is 225 Å². The van der Waals surface area contributed by atoms with Crippen LogP contribution in [0.25, 0.3) is 0 Å². The number of amides is 2. The largest absolute Gasteiger partial charge is 0.416 e. The van der Waals surface area contributed by atoms with E-state index in [4.69, 9.17) is 4.74 Å². The van der Waals surface area contributed by atoms with E-state index in [2.05, 4.69) is 10.00 Å². The molecule has 0 saturated carbocycles. The summed E-state index contributed by atoms with van der Waals surface area (Å²) in [5.41, 5.74) is 0.857. The number of ether oxygens (including phenoxy) is 1. The number of aromatic nitrogens is 2. The highest BCUT2D eigenvalue weighted by atomic mass is 19.4. The number of anilines is 2. The molecule has 0 radical (unpaired) electrons. The van der Waals surface area contributed by atoms with Crippen molar-refractivity contribution in [2.75, 3.05) is 56.1 Å². The third-order valence-corrected chi connectivity index (χ3v) is 8.66. The molecule has 39 heavy (non-hydrogen) atoms. The van der Waals surface area contributed by atoms with Crippen molar-refractivity contribution in [1.29, 1.82) is 0 Å². The molecule has 6 rings (SSSR count). The highest BCUT2D eigenvalue weighted by Crippen LogP contribution is 2.39. The van der Waals surface area contributed by atoms with E-state index < -0.39 is 11.7 Å². The standard InChI is InChI=1S/C27H33F3N6O3/c1-17(37)32(2)22-8-31-36(14-22)26(38)35-12-19-10-33(11-20(19)13-35)9-18-3-4-21(7-25(18)27(28,29)30)34-15-23-5-6-24(16-34)39-23/h3-4,7-8,14,19-20,23-24H,5-6,9-13,15-16H2,1-2H3. The van der Waals surface area contributed by atoms with Crippen molar-refractivity contribution in [2.24, 2.45) is 11.8 Å². The van der Waals surface area contributed by atoms with E-state index >= 15 is 0 Å². The zero-order valence-electron chi connectivity index (χ0n) is 22.1. The van der Waals surface area contributed by atoms with Gasteiger partial charge in [-0.25, -0.2) is 4.79 Å². The molecule has 4 fully saturated rings. The lowest BCUT2D eigenvalue weighted by molar-refractivity contribution is -0.138. The molecular weight excluding hydrogens is 513 g/mol. The van der Waals surface area contributed by atoms with E-state index in [0.29, 0.717) is 50.6 Å². The summed E-state index contributed by atoms with van der Waals surface area (Å²) in [5.74, 6) is 0.233. The third-order valence-electron chi connectivity index (χ3n) is 8.66. The SMILES string of the molecule is CC(=O)N(C)c1cnn(C(=O)N2CC3CN(Cc4ccc(N5CC6CCC(C5)O6)cc4C(F)(F)F)CC3C2)c1. The Morgan fingerprint density at radius 3 is 2.33 bits per heavy atom. The molecule has 0 spiro atoms. The van der Waals surface area contributed by atoms with Gasteiger partial charge in [-0.15, -0.1) is 0 Å². The zero-order chi connectivity index (χ0) is 27.5. The molecule has 12 heteroatoms. The number of benzene rings is 1.